The maximum Gasteiger partial charge on any atom is 0.416 e. The smallest absolute Gasteiger partial charge is 0.308 e. The van der Waals surface area contributed by atoms with E-state index in [-0.39, 0.29) is 12.1 Å². The van der Waals surface area contributed by atoms with Crippen LogP contribution in [0.15, 0.2) is 24.3 Å². The van der Waals surface area contributed by atoms with Gasteiger partial charge in [-0.05, 0) is 18.6 Å². The Morgan fingerprint density at radius 3 is 2.12 bits per heavy atom. The quantitative estimate of drug-likeness (QED) is 0.835. The van der Waals surface area contributed by atoms with E-state index in [9.17, 15) is 13.2 Å². The lowest BCUT2D eigenvalue weighted by molar-refractivity contribution is -0.138. The van der Waals surface area contributed by atoms with Gasteiger partial charge >= 0.3 is 6.18 Å². The van der Waals surface area contributed by atoms with Crippen molar-refractivity contribution in [1.82, 2.24) is 5.32 Å². The van der Waals surface area contributed by atoms with Gasteiger partial charge < -0.3 is 5.32 Å². The third kappa shape index (κ3) is 3.23. The molecule has 0 aliphatic carbocycles. The molecule has 0 aliphatic rings. The van der Waals surface area contributed by atoms with Crippen LogP contribution < -0.4 is 5.32 Å². The van der Waals surface area contributed by atoms with Gasteiger partial charge in [-0.1, -0.05) is 32.0 Å². The molecule has 1 rings (SSSR count). The van der Waals surface area contributed by atoms with Gasteiger partial charge in [0.25, 0.3) is 0 Å². The average Bonchev–Trinajstić information content (AvgIpc) is 2.15. The maximum atomic E-state index is 12.7. The van der Waals surface area contributed by atoms with Crippen molar-refractivity contribution in [3.63, 3.8) is 0 Å². The molecule has 0 spiro atoms. The first-order valence-corrected chi connectivity index (χ1v) is 5.24. The summed E-state index contributed by atoms with van der Waals surface area (Å²) in [6.07, 6.45) is -4.29. The summed E-state index contributed by atoms with van der Waals surface area (Å²) in [7, 11) is 0. The Labute approximate surface area is 93.7 Å². The van der Waals surface area contributed by atoms with Crippen molar-refractivity contribution in [1.29, 1.82) is 0 Å². The highest BCUT2D eigenvalue weighted by atomic mass is 19.4. The minimum atomic E-state index is -4.29. The Kier molecular flexibility index (Phi) is 3.97. The topological polar surface area (TPSA) is 12.0 Å². The largest absolute Gasteiger partial charge is 0.416 e. The fraction of sp³-hybridized carbons (Fsp3) is 0.500. The summed E-state index contributed by atoms with van der Waals surface area (Å²) in [5.74, 6) is 0. The number of hydrogen-bond acceptors (Lipinski definition) is 1. The highest BCUT2D eigenvalue weighted by molar-refractivity contribution is 5.32. The number of benzene rings is 1. The lowest BCUT2D eigenvalue weighted by Gasteiger charge is -2.21. The molecule has 1 nitrogen and oxygen atoms in total. The number of hydrogen-bond donors (Lipinski definition) is 1. The van der Waals surface area contributed by atoms with E-state index in [4.69, 9.17) is 0 Å². The van der Waals surface area contributed by atoms with Gasteiger partial charge in [-0.15, -0.1) is 0 Å². The van der Waals surface area contributed by atoms with Gasteiger partial charge in [0.2, 0.25) is 0 Å². The molecule has 0 radical (unpaired) electrons. The normalized spacial score (nSPS) is 14.2. The van der Waals surface area contributed by atoms with Crippen molar-refractivity contribution in [2.75, 3.05) is 0 Å². The van der Waals surface area contributed by atoms with E-state index in [1.165, 1.54) is 12.1 Å². The molecule has 16 heavy (non-hydrogen) atoms. The van der Waals surface area contributed by atoms with Crippen molar-refractivity contribution >= 4 is 0 Å². The van der Waals surface area contributed by atoms with Crippen LogP contribution in [0.5, 0.6) is 0 Å². The molecule has 0 fully saturated rings. The zero-order chi connectivity index (χ0) is 12.3. The van der Waals surface area contributed by atoms with Gasteiger partial charge in [-0.3, -0.25) is 0 Å². The Bertz CT molecular complexity index is 344. The number of alkyl halides is 3. The predicted molar refractivity (Wildman–Crippen MR) is 58.1 cm³/mol. The van der Waals surface area contributed by atoms with Crippen LogP contribution in [0.1, 0.15) is 37.9 Å². The van der Waals surface area contributed by atoms with Gasteiger partial charge in [0.15, 0.2) is 0 Å². The summed E-state index contributed by atoms with van der Waals surface area (Å²) in [5, 5.41) is 3.07. The van der Waals surface area contributed by atoms with E-state index in [2.05, 4.69) is 5.32 Å². The fourth-order valence-corrected chi connectivity index (χ4v) is 1.72. The van der Waals surface area contributed by atoms with Crippen molar-refractivity contribution < 1.29 is 13.2 Å². The van der Waals surface area contributed by atoms with Gasteiger partial charge in [-0.2, -0.15) is 13.2 Å². The van der Waals surface area contributed by atoms with Crippen LogP contribution in [0, 0.1) is 0 Å². The number of rotatable bonds is 3. The van der Waals surface area contributed by atoms with Crippen molar-refractivity contribution in [3.8, 4) is 0 Å². The standard InChI is InChI=1S/C12H16F3N/c1-8(2)16-9(3)10-6-4-5-7-11(10)12(13,14)15/h4-9,16H,1-3H3. The van der Waals surface area contributed by atoms with Crippen LogP contribution in [0.4, 0.5) is 13.2 Å². The van der Waals surface area contributed by atoms with Gasteiger partial charge in [0, 0.05) is 12.1 Å². The molecular weight excluding hydrogens is 215 g/mol. The van der Waals surface area contributed by atoms with Crippen molar-refractivity contribution in [2.24, 2.45) is 0 Å². The zero-order valence-corrected chi connectivity index (χ0v) is 9.60. The summed E-state index contributed by atoms with van der Waals surface area (Å²) < 4.78 is 38.2. The minimum Gasteiger partial charge on any atom is -0.308 e. The third-order valence-corrected chi connectivity index (χ3v) is 2.32. The molecule has 1 aromatic carbocycles. The second-order valence-electron chi connectivity index (χ2n) is 4.13. The van der Waals surface area contributed by atoms with E-state index < -0.39 is 11.7 Å². The third-order valence-electron chi connectivity index (χ3n) is 2.32. The number of nitrogens with one attached hydrogen (secondary N) is 1. The summed E-state index contributed by atoms with van der Waals surface area (Å²) >= 11 is 0. The Balaban J connectivity index is 3.04. The van der Waals surface area contributed by atoms with E-state index in [1.54, 1.807) is 13.0 Å². The monoisotopic (exact) mass is 231 g/mol. The highest BCUT2D eigenvalue weighted by Gasteiger charge is 2.34. The molecular formula is C12H16F3N. The lowest BCUT2D eigenvalue weighted by Crippen LogP contribution is -2.27. The molecule has 0 amide bonds. The molecule has 0 saturated heterocycles. The highest BCUT2D eigenvalue weighted by Crippen LogP contribution is 2.34. The molecule has 0 aromatic heterocycles. The lowest BCUT2D eigenvalue weighted by atomic mass is 10.0. The zero-order valence-electron chi connectivity index (χ0n) is 9.60. The van der Waals surface area contributed by atoms with Gasteiger partial charge in [0.05, 0.1) is 5.56 Å². The summed E-state index contributed by atoms with van der Waals surface area (Å²) in [4.78, 5) is 0. The molecule has 1 unspecified atom stereocenters. The fourth-order valence-electron chi connectivity index (χ4n) is 1.72. The van der Waals surface area contributed by atoms with E-state index in [0.717, 1.165) is 6.07 Å². The van der Waals surface area contributed by atoms with Crippen molar-refractivity contribution in [2.45, 2.75) is 39.0 Å². The number of halogens is 3. The van der Waals surface area contributed by atoms with Crippen LogP contribution in [-0.4, -0.2) is 6.04 Å². The van der Waals surface area contributed by atoms with Gasteiger partial charge in [0.1, 0.15) is 0 Å². The van der Waals surface area contributed by atoms with E-state index >= 15 is 0 Å². The minimum absolute atomic E-state index is 0.149. The second-order valence-corrected chi connectivity index (χ2v) is 4.13. The molecule has 90 valence electrons. The van der Waals surface area contributed by atoms with Crippen LogP contribution in [-0.2, 0) is 6.18 Å². The van der Waals surface area contributed by atoms with Crippen LogP contribution in [0.3, 0.4) is 0 Å². The Morgan fingerprint density at radius 2 is 1.62 bits per heavy atom. The molecule has 0 heterocycles. The summed E-state index contributed by atoms with van der Waals surface area (Å²) in [6.45, 7) is 5.56. The second kappa shape index (κ2) is 4.87. The molecule has 0 saturated carbocycles. The van der Waals surface area contributed by atoms with Crippen LogP contribution >= 0.6 is 0 Å². The SMILES string of the molecule is CC(C)NC(C)c1ccccc1C(F)(F)F. The molecule has 0 bridgehead atoms. The Morgan fingerprint density at radius 1 is 1.06 bits per heavy atom. The summed E-state index contributed by atoms with van der Waals surface area (Å²) in [6, 6.07) is 5.52. The average molecular weight is 231 g/mol. The molecule has 1 aromatic rings. The molecule has 1 N–H and O–H groups in total. The Hall–Kier alpha value is -1.03. The maximum absolute atomic E-state index is 12.7. The molecule has 0 aliphatic heterocycles. The molecule has 4 heteroatoms. The predicted octanol–water partition coefficient (Wildman–Crippen LogP) is 3.76. The summed E-state index contributed by atoms with van der Waals surface area (Å²) in [5.41, 5.74) is -0.264. The van der Waals surface area contributed by atoms with Gasteiger partial charge in [-0.25, -0.2) is 0 Å². The molecule has 1 atom stereocenters. The van der Waals surface area contributed by atoms with Crippen molar-refractivity contribution in [3.05, 3.63) is 35.4 Å². The first kappa shape index (κ1) is 13.0. The first-order chi connectivity index (χ1) is 7.32. The first-order valence-electron chi connectivity index (χ1n) is 5.24. The van der Waals surface area contributed by atoms with E-state index in [0.29, 0.717) is 5.56 Å². The van der Waals surface area contributed by atoms with Crippen LogP contribution in [0.25, 0.3) is 0 Å². The van der Waals surface area contributed by atoms with Crippen LogP contribution in [0.2, 0.25) is 0 Å². The van der Waals surface area contributed by atoms with E-state index in [1.807, 2.05) is 13.8 Å².